The van der Waals surface area contributed by atoms with Crippen LogP contribution in [0.3, 0.4) is 0 Å². The molecule has 0 aliphatic carbocycles. The van der Waals surface area contributed by atoms with Gasteiger partial charge in [0.05, 0.1) is 0 Å². The van der Waals surface area contributed by atoms with Crippen LogP contribution in [-0.2, 0) is 0 Å². The first-order chi connectivity index (χ1) is 5.77. The van der Waals surface area contributed by atoms with Crippen molar-refractivity contribution in [3.05, 3.63) is 0 Å². The van der Waals surface area contributed by atoms with Crippen molar-refractivity contribution < 1.29 is 8.78 Å². The lowest BCUT2D eigenvalue weighted by atomic mass is 10.1. The summed E-state index contributed by atoms with van der Waals surface area (Å²) in [5.41, 5.74) is -0.0672. The van der Waals surface area contributed by atoms with E-state index >= 15 is 0 Å². The third kappa shape index (κ3) is 8.16. The van der Waals surface area contributed by atoms with Gasteiger partial charge in [-0.3, -0.25) is 0 Å². The predicted molar refractivity (Wildman–Crippen MR) is 52.2 cm³/mol. The van der Waals surface area contributed by atoms with Crippen LogP contribution in [0.25, 0.3) is 0 Å². The van der Waals surface area contributed by atoms with Crippen LogP contribution in [-0.4, -0.2) is 18.0 Å². The van der Waals surface area contributed by atoms with Crippen LogP contribution >= 0.6 is 0 Å². The molecule has 0 atom stereocenters. The smallest absolute Gasteiger partial charge is 0.249 e. The van der Waals surface area contributed by atoms with Gasteiger partial charge in [-0.2, -0.15) is 0 Å². The Hall–Kier alpha value is -0.180. The van der Waals surface area contributed by atoms with Crippen molar-refractivity contribution in [1.82, 2.24) is 5.32 Å². The molecule has 3 heteroatoms. The minimum Gasteiger partial charge on any atom is -0.312 e. The summed E-state index contributed by atoms with van der Waals surface area (Å²) >= 11 is 0. The largest absolute Gasteiger partial charge is 0.312 e. The molecule has 0 unspecified atom stereocenters. The van der Waals surface area contributed by atoms with E-state index in [2.05, 4.69) is 5.32 Å². The second-order valence-corrected chi connectivity index (χ2v) is 4.53. The number of alkyl halides is 2. The van der Waals surface area contributed by atoms with Gasteiger partial charge >= 0.3 is 0 Å². The van der Waals surface area contributed by atoms with Crippen molar-refractivity contribution in [1.29, 1.82) is 0 Å². The second-order valence-electron chi connectivity index (χ2n) is 4.53. The maximum Gasteiger partial charge on any atom is 0.249 e. The average Bonchev–Trinajstić information content (AvgIpc) is 1.82. The second kappa shape index (κ2) is 4.89. The van der Waals surface area contributed by atoms with Crippen molar-refractivity contribution in [3.8, 4) is 0 Å². The molecule has 80 valence electrons. The van der Waals surface area contributed by atoms with E-state index in [9.17, 15) is 8.78 Å². The highest BCUT2D eigenvalue weighted by atomic mass is 19.3. The summed E-state index contributed by atoms with van der Waals surface area (Å²) in [7, 11) is 0. The van der Waals surface area contributed by atoms with Gasteiger partial charge in [0.25, 0.3) is 0 Å². The zero-order chi connectivity index (χ0) is 10.5. The summed E-state index contributed by atoms with van der Waals surface area (Å²) in [5, 5.41) is 3.06. The maximum absolute atomic E-state index is 13.0. The van der Waals surface area contributed by atoms with Gasteiger partial charge in [-0.25, -0.2) is 8.78 Å². The Kier molecular flexibility index (Phi) is 4.82. The number of rotatable bonds is 5. The molecule has 0 aliphatic heterocycles. The SMILES string of the molecule is CCCC(F)(F)CCNC(C)(C)C. The molecule has 0 aliphatic rings. The summed E-state index contributed by atoms with van der Waals surface area (Å²) in [4.78, 5) is 0. The van der Waals surface area contributed by atoms with Crippen molar-refractivity contribution >= 4 is 0 Å². The molecule has 0 aromatic heterocycles. The molecule has 0 bridgehead atoms. The number of halogens is 2. The standard InChI is InChI=1S/C10H21F2N/c1-5-6-10(11,12)7-8-13-9(2,3)4/h13H,5-8H2,1-4H3. The van der Waals surface area contributed by atoms with E-state index in [-0.39, 0.29) is 18.4 Å². The fourth-order valence-corrected chi connectivity index (χ4v) is 1.11. The molecular formula is C10H21F2N. The molecule has 13 heavy (non-hydrogen) atoms. The molecule has 0 heterocycles. The van der Waals surface area contributed by atoms with Gasteiger partial charge in [0, 0.05) is 24.9 Å². The third-order valence-electron chi connectivity index (χ3n) is 1.76. The Morgan fingerprint density at radius 2 is 1.62 bits per heavy atom. The van der Waals surface area contributed by atoms with Gasteiger partial charge in [-0.15, -0.1) is 0 Å². The molecule has 0 spiro atoms. The summed E-state index contributed by atoms with van der Waals surface area (Å²) in [6.07, 6.45) is 0.486. The van der Waals surface area contributed by atoms with E-state index in [1.54, 1.807) is 6.92 Å². The first-order valence-electron chi connectivity index (χ1n) is 4.90. The lowest BCUT2D eigenvalue weighted by Crippen LogP contribution is -2.38. The third-order valence-corrected chi connectivity index (χ3v) is 1.76. The Balaban J connectivity index is 3.63. The quantitative estimate of drug-likeness (QED) is 0.707. The summed E-state index contributed by atoms with van der Waals surface area (Å²) in [5.74, 6) is -2.49. The highest BCUT2D eigenvalue weighted by Gasteiger charge is 2.27. The summed E-state index contributed by atoms with van der Waals surface area (Å²) in [6, 6.07) is 0. The Bertz CT molecular complexity index is 138. The molecule has 0 amide bonds. The van der Waals surface area contributed by atoms with Gasteiger partial charge in [0.2, 0.25) is 5.92 Å². The molecule has 0 radical (unpaired) electrons. The Morgan fingerprint density at radius 3 is 2.00 bits per heavy atom. The molecule has 0 saturated carbocycles. The van der Waals surface area contributed by atoms with Crippen LogP contribution in [0.2, 0.25) is 0 Å². The monoisotopic (exact) mass is 193 g/mol. The average molecular weight is 193 g/mol. The lowest BCUT2D eigenvalue weighted by Gasteiger charge is -2.22. The van der Waals surface area contributed by atoms with Crippen LogP contribution in [0.5, 0.6) is 0 Å². The van der Waals surface area contributed by atoms with Crippen molar-refractivity contribution in [2.45, 2.75) is 58.4 Å². The van der Waals surface area contributed by atoms with E-state index < -0.39 is 5.92 Å². The molecule has 0 aromatic rings. The molecule has 0 fully saturated rings. The van der Waals surface area contributed by atoms with E-state index in [0.717, 1.165) is 0 Å². The minimum atomic E-state index is -2.49. The predicted octanol–water partition coefficient (Wildman–Crippen LogP) is 3.20. The fraction of sp³-hybridized carbons (Fsp3) is 1.00. The first kappa shape index (κ1) is 12.8. The van der Waals surface area contributed by atoms with Crippen LogP contribution < -0.4 is 5.32 Å². The molecule has 0 aromatic carbocycles. The van der Waals surface area contributed by atoms with Crippen LogP contribution in [0, 0.1) is 0 Å². The van der Waals surface area contributed by atoms with Crippen LogP contribution in [0.4, 0.5) is 8.78 Å². The van der Waals surface area contributed by atoms with E-state index in [1.807, 2.05) is 20.8 Å². The molecule has 1 N–H and O–H groups in total. The zero-order valence-electron chi connectivity index (χ0n) is 9.08. The fourth-order valence-electron chi connectivity index (χ4n) is 1.11. The van der Waals surface area contributed by atoms with E-state index in [4.69, 9.17) is 0 Å². The van der Waals surface area contributed by atoms with Crippen LogP contribution in [0.1, 0.15) is 47.0 Å². The van der Waals surface area contributed by atoms with Crippen LogP contribution in [0.15, 0.2) is 0 Å². The van der Waals surface area contributed by atoms with Gasteiger partial charge in [0.15, 0.2) is 0 Å². The topological polar surface area (TPSA) is 12.0 Å². The van der Waals surface area contributed by atoms with Gasteiger partial charge < -0.3 is 5.32 Å². The lowest BCUT2D eigenvalue weighted by molar-refractivity contribution is -0.0172. The number of hydrogen-bond acceptors (Lipinski definition) is 1. The summed E-state index contributed by atoms with van der Waals surface area (Å²) in [6.45, 7) is 8.10. The molecule has 1 nitrogen and oxygen atoms in total. The van der Waals surface area contributed by atoms with Crippen molar-refractivity contribution in [3.63, 3.8) is 0 Å². The molecular weight excluding hydrogens is 172 g/mol. The zero-order valence-corrected chi connectivity index (χ0v) is 9.08. The first-order valence-corrected chi connectivity index (χ1v) is 4.90. The normalized spacial score (nSPS) is 13.4. The number of nitrogens with one attached hydrogen (secondary N) is 1. The Labute approximate surface area is 79.9 Å². The van der Waals surface area contributed by atoms with Gasteiger partial charge in [-0.05, 0) is 20.8 Å². The number of hydrogen-bond donors (Lipinski definition) is 1. The minimum absolute atomic E-state index is 0.00117. The molecule has 0 rings (SSSR count). The maximum atomic E-state index is 13.0. The van der Waals surface area contributed by atoms with Gasteiger partial charge in [-0.1, -0.05) is 13.3 Å². The highest BCUT2D eigenvalue weighted by molar-refractivity contribution is 4.73. The van der Waals surface area contributed by atoms with Crippen molar-refractivity contribution in [2.75, 3.05) is 6.54 Å². The Morgan fingerprint density at radius 1 is 1.08 bits per heavy atom. The summed E-state index contributed by atoms with van der Waals surface area (Å²) < 4.78 is 25.9. The van der Waals surface area contributed by atoms with Crippen molar-refractivity contribution in [2.24, 2.45) is 0 Å². The van der Waals surface area contributed by atoms with E-state index in [1.165, 1.54) is 0 Å². The molecule has 0 saturated heterocycles. The van der Waals surface area contributed by atoms with E-state index in [0.29, 0.717) is 13.0 Å². The van der Waals surface area contributed by atoms with Gasteiger partial charge in [0.1, 0.15) is 0 Å². The highest BCUT2D eigenvalue weighted by Crippen LogP contribution is 2.23.